The Balaban J connectivity index is 1.65. The van der Waals surface area contributed by atoms with Crippen molar-refractivity contribution in [1.82, 2.24) is 19.8 Å². The van der Waals surface area contributed by atoms with Gasteiger partial charge in [-0.1, -0.05) is 6.92 Å². The molecule has 1 aliphatic heterocycles. The van der Waals surface area contributed by atoms with Crippen LogP contribution in [-0.2, 0) is 13.6 Å². The molecular formula is C13H24N4. The largest absolute Gasteiger partial charge is 0.337 e. The molecule has 0 atom stereocenters. The first-order valence-corrected chi connectivity index (χ1v) is 6.68. The molecule has 0 radical (unpaired) electrons. The Kier molecular flexibility index (Phi) is 4.57. The molecule has 4 heteroatoms. The summed E-state index contributed by atoms with van der Waals surface area (Å²) in [6.07, 6.45) is 6.47. The summed E-state index contributed by atoms with van der Waals surface area (Å²) in [5.74, 6) is 0.853. The molecule has 0 saturated carbocycles. The minimum Gasteiger partial charge on any atom is -0.337 e. The van der Waals surface area contributed by atoms with Crippen molar-refractivity contribution in [2.75, 3.05) is 26.2 Å². The normalized spacial score (nSPS) is 18.7. The van der Waals surface area contributed by atoms with Crippen molar-refractivity contribution in [2.45, 2.75) is 26.3 Å². The molecule has 2 heterocycles. The molecule has 1 fully saturated rings. The van der Waals surface area contributed by atoms with Crippen molar-refractivity contribution in [3.63, 3.8) is 0 Å². The molecule has 1 aromatic heterocycles. The van der Waals surface area contributed by atoms with Gasteiger partial charge in [0.05, 0.1) is 12.0 Å². The number of nitrogens with zero attached hydrogens (tertiary/aromatic N) is 3. The molecule has 0 aromatic carbocycles. The zero-order chi connectivity index (χ0) is 12.1. The van der Waals surface area contributed by atoms with Crippen molar-refractivity contribution in [1.29, 1.82) is 0 Å². The van der Waals surface area contributed by atoms with Gasteiger partial charge in [-0.25, -0.2) is 4.98 Å². The van der Waals surface area contributed by atoms with Gasteiger partial charge in [0.25, 0.3) is 0 Å². The Morgan fingerprint density at radius 3 is 2.76 bits per heavy atom. The Morgan fingerprint density at radius 1 is 1.41 bits per heavy atom. The van der Waals surface area contributed by atoms with Crippen molar-refractivity contribution in [3.8, 4) is 0 Å². The third-order valence-electron chi connectivity index (χ3n) is 3.81. The Morgan fingerprint density at radius 2 is 2.18 bits per heavy atom. The van der Waals surface area contributed by atoms with Crippen molar-refractivity contribution >= 4 is 0 Å². The predicted molar refractivity (Wildman–Crippen MR) is 69.8 cm³/mol. The summed E-state index contributed by atoms with van der Waals surface area (Å²) >= 11 is 0. The molecule has 1 N–H and O–H groups in total. The van der Waals surface area contributed by atoms with Gasteiger partial charge in [-0.05, 0) is 44.9 Å². The Bertz CT molecular complexity index is 326. The lowest BCUT2D eigenvalue weighted by Gasteiger charge is -2.31. The zero-order valence-electron chi connectivity index (χ0n) is 11.0. The fraction of sp³-hybridized carbons (Fsp3) is 0.769. The smallest absolute Gasteiger partial charge is 0.0945 e. The van der Waals surface area contributed by atoms with E-state index < -0.39 is 0 Å². The van der Waals surface area contributed by atoms with Crippen LogP contribution in [0.3, 0.4) is 0 Å². The molecule has 1 saturated heterocycles. The van der Waals surface area contributed by atoms with Crippen LogP contribution >= 0.6 is 0 Å². The van der Waals surface area contributed by atoms with E-state index in [-0.39, 0.29) is 0 Å². The van der Waals surface area contributed by atoms with Crippen LogP contribution in [0.15, 0.2) is 12.5 Å². The van der Waals surface area contributed by atoms with Crippen molar-refractivity contribution < 1.29 is 0 Å². The molecule has 0 aliphatic carbocycles. The van der Waals surface area contributed by atoms with E-state index in [1.165, 1.54) is 38.2 Å². The lowest BCUT2D eigenvalue weighted by atomic mass is 9.97. The third kappa shape index (κ3) is 3.54. The number of rotatable bonds is 5. The number of aryl methyl sites for hydroxylation is 1. The van der Waals surface area contributed by atoms with Gasteiger partial charge in [-0.15, -0.1) is 0 Å². The van der Waals surface area contributed by atoms with Crippen LogP contribution in [0.25, 0.3) is 0 Å². The van der Waals surface area contributed by atoms with Crippen LogP contribution in [0.4, 0.5) is 0 Å². The van der Waals surface area contributed by atoms with Crippen LogP contribution < -0.4 is 5.32 Å². The molecule has 96 valence electrons. The predicted octanol–water partition coefficient (Wildman–Crippen LogP) is 1.24. The highest BCUT2D eigenvalue weighted by atomic mass is 15.1. The highest BCUT2D eigenvalue weighted by Crippen LogP contribution is 2.15. The maximum absolute atomic E-state index is 4.12. The monoisotopic (exact) mass is 236 g/mol. The summed E-state index contributed by atoms with van der Waals surface area (Å²) in [5.41, 5.74) is 1.26. The summed E-state index contributed by atoms with van der Waals surface area (Å²) in [5, 5.41) is 3.55. The van der Waals surface area contributed by atoms with E-state index in [0.717, 1.165) is 19.0 Å². The lowest BCUT2D eigenvalue weighted by Crippen LogP contribution is -2.37. The molecule has 17 heavy (non-hydrogen) atoms. The number of imidazole rings is 1. The molecule has 0 bridgehead atoms. The molecule has 0 spiro atoms. The third-order valence-corrected chi connectivity index (χ3v) is 3.81. The van der Waals surface area contributed by atoms with E-state index in [1.807, 2.05) is 19.6 Å². The summed E-state index contributed by atoms with van der Waals surface area (Å²) < 4.78 is 2.08. The summed E-state index contributed by atoms with van der Waals surface area (Å²) in [7, 11) is 2.05. The molecule has 4 nitrogen and oxygen atoms in total. The fourth-order valence-electron chi connectivity index (χ4n) is 2.47. The second-order valence-corrected chi connectivity index (χ2v) is 5.00. The first-order chi connectivity index (χ1) is 8.29. The summed E-state index contributed by atoms with van der Waals surface area (Å²) in [4.78, 5) is 6.66. The molecule has 1 aromatic rings. The number of likely N-dealkylation sites (tertiary alicyclic amines) is 1. The van der Waals surface area contributed by atoms with Gasteiger partial charge >= 0.3 is 0 Å². The van der Waals surface area contributed by atoms with Crippen molar-refractivity contribution in [2.24, 2.45) is 13.0 Å². The second kappa shape index (κ2) is 6.17. The highest BCUT2D eigenvalue weighted by molar-refractivity contribution is 4.96. The van der Waals surface area contributed by atoms with Crippen LogP contribution in [0.2, 0.25) is 0 Å². The number of aromatic nitrogens is 2. The van der Waals surface area contributed by atoms with Gasteiger partial charge in [0.2, 0.25) is 0 Å². The van der Waals surface area contributed by atoms with E-state index >= 15 is 0 Å². The Labute approximate surface area is 104 Å². The number of hydrogen-bond acceptors (Lipinski definition) is 3. The summed E-state index contributed by atoms with van der Waals surface area (Å²) in [6, 6.07) is 0. The first-order valence-electron chi connectivity index (χ1n) is 6.68. The van der Waals surface area contributed by atoms with E-state index in [9.17, 15) is 0 Å². The molecule has 0 amide bonds. The minimum absolute atomic E-state index is 0.853. The standard InChI is InChI=1S/C13H24N4/c1-3-17-6-4-12(5-7-17)8-14-9-13-10-15-11-16(13)2/h10-12,14H,3-9H2,1-2H3. The minimum atomic E-state index is 0.853. The van der Waals surface area contributed by atoms with Crippen LogP contribution in [0, 0.1) is 5.92 Å². The molecule has 2 rings (SSSR count). The van der Waals surface area contributed by atoms with Gasteiger partial charge < -0.3 is 14.8 Å². The molecule has 0 unspecified atom stereocenters. The van der Waals surface area contributed by atoms with E-state index in [0.29, 0.717) is 0 Å². The van der Waals surface area contributed by atoms with Crippen molar-refractivity contribution in [3.05, 3.63) is 18.2 Å². The zero-order valence-corrected chi connectivity index (χ0v) is 11.0. The molecular weight excluding hydrogens is 212 g/mol. The highest BCUT2D eigenvalue weighted by Gasteiger charge is 2.17. The maximum atomic E-state index is 4.12. The quantitative estimate of drug-likeness (QED) is 0.835. The van der Waals surface area contributed by atoms with Gasteiger partial charge in [-0.2, -0.15) is 0 Å². The Hall–Kier alpha value is -0.870. The molecule has 1 aliphatic rings. The SMILES string of the molecule is CCN1CCC(CNCc2cncn2C)CC1. The van der Waals surface area contributed by atoms with Gasteiger partial charge in [0.15, 0.2) is 0 Å². The van der Waals surface area contributed by atoms with E-state index in [2.05, 4.69) is 26.7 Å². The first kappa shape index (κ1) is 12.6. The van der Waals surface area contributed by atoms with Gasteiger partial charge in [-0.3, -0.25) is 0 Å². The van der Waals surface area contributed by atoms with Crippen LogP contribution in [-0.4, -0.2) is 40.6 Å². The van der Waals surface area contributed by atoms with Crippen LogP contribution in [0.1, 0.15) is 25.5 Å². The van der Waals surface area contributed by atoms with E-state index in [1.54, 1.807) is 0 Å². The fourth-order valence-corrected chi connectivity index (χ4v) is 2.47. The average molecular weight is 236 g/mol. The lowest BCUT2D eigenvalue weighted by molar-refractivity contribution is 0.190. The summed E-state index contributed by atoms with van der Waals surface area (Å²) in [6.45, 7) is 8.08. The second-order valence-electron chi connectivity index (χ2n) is 5.00. The van der Waals surface area contributed by atoms with E-state index in [4.69, 9.17) is 0 Å². The number of hydrogen-bond donors (Lipinski definition) is 1. The number of piperidine rings is 1. The van der Waals surface area contributed by atoms with Gasteiger partial charge in [0, 0.05) is 19.8 Å². The van der Waals surface area contributed by atoms with Crippen LogP contribution in [0.5, 0.6) is 0 Å². The average Bonchev–Trinajstić information content (AvgIpc) is 2.76. The number of nitrogens with one attached hydrogen (secondary N) is 1. The van der Waals surface area contributed by atoms with Gasteiger partial charge in [0.1, 0.15) is 0 Å². The topological polar surface area (TPSA) is 33.1 Å². The maximum Gasteiger partial charge on any atom is 0.0945 e.